The minimum atomic E-state index is 0.978. The summed E-state index contributed by atoms with van der Waals surface area (Å²) in [6, 6.07) is 21.4. The molecule has 7 aromatic rings. The van der Waals surface area contributed by atoms with Gasteiger partial charge in [0.25, 0.3) is 0 Å². The summed E-state index contributed by atoms with van der Waals surface area (Å²) in [6.07, 6.45) is 13.4. The third-order valence-corrected chi connectivity index (χ3v) is 6.23. The molecule has 0 saturated heterocycles. The van der Waals surface area contributed by atoms with Crippen LogP contribution in [0.3, 0.4) is 0 Å². The fourth-order valence-corrected chi connectivity index (χ4v) is 4.77. The maximum Gasteiger partial charge on any atom is 0.144 e. The van der Waals surface area contributed by atoms with E-state index in [0.717, 1.165) is 27.8 Å². The molecule has 0 radical (unpaired) electrons. The van der Waals surface area contributed by atoms with E-state index in [-0.39, 0.29) is 0 Å². The van der Waals surface area contributed by atoms with Gasteiger partial charge in [-0.05, 0) is 46.8 Å². The second-order valence-corrected chi connectivity index (χ2v) is 7.91. The molecule has 0 atom stereocenters. The second-order valence-electron chi connectivity index (χ2n) is 7.91. The lowest BCUT2D eigenvalue weighted by atomic mass is 9.99. The van der Waals surface area contributed by atoms with Crippen molar-refractivity contribution in [2.75, 3.05) is 0 Å². The van der Waals surface area contributed by atoms with Crippen LogP contribution >= 0.6 is 0 Å². The van der Waals surface area contributed by atoms with Gasteiger partial charge in [-0.1, -0.05) is 30.3 Å². The van der Waals surface area contributed by atoms with E-state index >= 15 is 0 Å². The molecule has 150 valence electrons. The van der Waals surface area contributed by atoms with E-state index in [1.807, 2.05) is 37.2 Å². The first kappa shape index (κ1) is 17.2. The maximum atomic E-state index is 4.54. The third-order valence-electron chi connectivity index (χ3n) is 6.23. The summed E-state index contributed by atoms with van der Waals surface area (Å²) < 4.78 is 4.28. The Balaban J connectivity index is 1.42. The minimum Gasteiger partial charge on any atom is -0.307 e. The van der Waals surface area contributed by atoms with Gasteiger partial charge < -0.3 is 8.97 Å². The average molecular weight is 411 g/mol. The Hall–Kier alpha value is -4.51. The smallest absolute Gasteiger partial charge is 0.144 e. The number of pyridine rings is 3. The topological polar surface area (TPSA) is 48.0 Å². The van der Waals surface area contributed by atoms with Gasteiger partial charge in [-0.2, -0.15) is 0 Å². The average Bonchev–Trinajstić information content (AvgIpc) is 3.47. The predicted octanol–water partition coefficient (Wildman–Crippen LogP) is 6.04. The van der Waals surface area contributed by atoms with Gasteiger partial charge in [0, 0.05) is 52.8 Å². The van der Waals surface area contributed by atoms with Crippen molar-refractivity contribution in [2.45, 2.75) is 0 Å². The van der Waals surface area contributed by atoms with Crippen molar-refractivity contribution in [3.05, 3.63) is 104 Å². The number of imidazole rings is 1. The highest BCUT2D eigenvalue weighted by Gasteiger charge is 2.13. The largest absolute Gasteiger partial charge is 0.307 e. The molecule has 0 aliphatic heterocycles. The summed E-state index contributed by atoms with van der Waals surface area (Å²) in [7, 11) is 0. The Morgan fingerprint density at radius 1 is 0.594 bits per heavy atom. The Labute approximate surface area is 183 Å². The molecule has 0 aliphatic carbocycles. The molecule has 0 fully saturated rings. The molecule has 0 saturated carbocycles. The van der Waals surface area contributed by atoms with Gasteiger partial charge in [-0.25, -0.2) is 4.98 Å². The Morgan fingerprint density at radius 2 is 1.34 bits per heavy atom. The molecular weight excluding hydrogens is 394 g/mol. The van der Waals surface area contributed by atoms with Crippen LogP contribution < -0.4 is 0 Å². The fourth-order valence-electron chi connectivity index (χ4n) is 4.77. The van der Waals surface area contributed by atoms with E-state index < -0.39 is 0 Å². The van der Waals surface area contributed by atoms with E-state index in [0.29, 0.717) is 0 Å². The number of fused-ring (bicyclic) bond motifs is 6. The predicted molar refractivity (Wildman–Crippen MR) is 128 cm³/mol. The number of hydrogen-bond acceptors (Lipinski definition) is 3. The highest BCUT2D eigenvalue weighted by molar-refractivity contribution is 6.08. The van der Waals surface area contributed by atoms with Gasteiger partial charge in [-0.15, -0.1) is 0 Å². The zero-order chi connectivity index (χ0) is 21.1. The highest BCUT2D eigenvalue weighted by atomic mass is 15.0. The quantitative estimate of drug-likeness (QED) is 0.348. The van der Waals surface area contributed by atoms with Crippen LogP contribution in [0.4, 0.5) is 0 Å². The Bertz CT molecular complexity index is 1720. The molecule has 0 spiro atoms. The Morgan fingerprint density at radius 3 is 2.09 bits per heavy atom. The van der Waals surface area contributed by atoms with E-state index in [2.05, 4.69) is 90.8 Å². The summed E-state index contributed by atoms with van der Waals surface area (Å²) >= 11 is 0. The van der Waals surface area contributed by atoms with Crippen LogP contribution in [-0.4, -0.2) is 23.9 Å². The molecule has 0 aliphatic rings. The van der Waals surface area contributed by atoms with Crippen LogP contribution in [0, 0.1) is 0 Å². The van der Waals surface area contributed by atoms with Crippen molar-refractivity contribution < 1.29 is 0 Å². The van der Waals surface area contributed by atoms with E-state index in [1.165, 1.54) is 27.3 Å². The lowest BCUT2D eigenvalue weighted by Gasteiger charge is -2.11. The van der Waals surface area contributed by atoms with Gasteiger partial charge in [0.2, 0.25) is 0 Å². The highest BCUT2D eigenvalue weighted by Crippen LogP contribution is 2.33. The number of aromatic nitrogens is 5. The molecule has 0 unspecified atom stereocenters. The first-order chi connectivity index (χ1) is 15.9. The van der Waals surface area contributed by atoms with Crippen molar-refractivity contribution in [3.8, 4) is 16.8 Å². The van der Waals surface area contributed by atoms with E-state index in [9.17, 15) is 0 Å². The molecular formula is C27H17N5. The molecule has 2 aromatic carbocycles. The first-order valence-corrected chi connectivity index (χ1v) is 10.5. The Kier molecular flexibility index (Phi) is 3.49. The van der Waals surface area contributed by atoms with Gasteiger partial charge in [0.1, 0.15) is 5.65 Å². The van der Waals surface area contributed by atoms with Crippen LogP contribution in [0.25, 0.3) is 55.0 Å². The SMILES string of the molecule is c1cc(-c2ccc(-n3c4cnccc4c4ccncc43)cc2)c2ccn3ccnc3c2c1. The molecule has 5 heterocycles. The second kappa shape index (κ2) is 6.49. The minimum absolute atomic E-state index is 0.978. The monoisotopic (exact) mass is 411 g/mol. The zero-order valence-corrected chi connectivity index (χ0v) is 17.1. The van der Waals surface area contributed by atoms with Crippen LogP contribution in [0.2, 0.25) is 0 Å². The molecule has 0 N–H and O–H groups in total. The first-order valence-electron chi connectivity index (χ1n) is 10.5. The molecule has 7 rings (SSSR count). The van der Waals surface area contributed by atoms with Crippen molar-refractivity contribution >= 4 is 38.2 Å². The van der Waals surface area contributed by atoms with E-state index in [4.69, 9.17) is 0 Å². The maximum absolute atomic E-state index is 4.54. The van der Waals surface area contributed by atoms with Crippen molar-refractivity contribution in [2.24, 2.45) is 0 Å². The summed E-state index contributed by atoms with van der Waals surface area (Å²) in [5.41, 5.74) is 6.60. The van der Waals surface area contributed by atoms with Crippen molar-refractivity contribution in [3.63, 3.8) is 0 Å². The zero-order valence-electron chi connectivity index (χ0n) is 17.1. The fraction of sp³-hybridized carbons (Fsp3) is 0. The van der Waals surface area contributed by atoms with Crippen molar-refractivity contribution in [1.82, 2.24) is 23.9 Å². The summed E-state index contributed by atoms with van der Waals surface area (Å²) in [5.74, 6) is 0. The number of rotatable bonds is 2. The molecule has 0 amide bonds. The molecule has 5 nitrogen and oxygen atoms in total. The molecule has 5 aromatic heterocycles. The summed E-state index contributed by atoms with van der Waals surface area (Å²) in [6.45, 7) is 0. The van der Waals surface area contributed by atoms with Gasteiger partial charge in [0.05, 0.1) is 23.4 Å². The van der Waals surface area contributed by atoms with E-state index in [1.54, 1.807) is 0 Å². The van der Waals surface area contributed by atoms with Crippen molar-refractivity contribution in [1.29, 1.82) is 0 Å². The summed E-state index contributed by atoms with van der Waals surface area (Å²) in [5, 5.41) is 4.71. The number of nitrogens with zero attached hydrogens (tertiary/aromatic N) is 5. The molecule has 5 heteroatoms. The third kappa shape index (κ3) is 2.36. The lowest BCUT2D eigenvalue weighted by Crippen LogP contribution is -1.94. The lowest BCUT2D eigenvalue weighted by molar-refractivity contribution is 1.15. The van der Waals surface area contributed by atoms with Crippen LogP contribution in [0.15, 0.2) is 104 Å². The van der Waals surface area contributed by atoms with Crippen LogP contribution in [-0.2, 0) is 0 Å². The van der Waals surface area contributed by atoms with Gasteiger partial charge in [-0.3, -0.25) is 9.97 Å². The summed E-state index contributed by atoms with van der Waals surface area (Å²) in [4.78, 5) is 13.3. The normalized spacial score (nSPS) is 11.8. The molecule has 32 heavy (non-hydrogen) atoms. The van der Waals surface area contributed by atoms with Crippen LogP contribution in [0.1, 0.15) is 0 Å². The number of hydrogen-bond donors (Lipinski definition) is 0. The van der Waals surface area contributed by atoms with Gasteiger partial charge in [0.15, 0.2) is 0 Å². The standard InChI is InChI=1S/C27H17N5/c1-2-20(21-10-14-31-15-13-30-27(31)24(21)3-1)18-4-6-19(7-5-18)32-25-16-28-11-8-22(25)23-9-12-29-17-26(23)32/h1-17H. The van der Waals surface area contributed by atoms with Crippen LogP contribution in [0.5, 0.6) is 0 Å². The molecule has 0 bridgehead atoms. The van der Waals surface area contributed by atoms with Gasteiger partial charge >= 0.3 is 0 Å². The number of benzene rings is 2.